The van der Waals surface area contributed by atoms with E-state index in [2.05, 4.69) is 25.5 Å². The molecule has 0 saturated heterocycles. The van der Waals surface area contributed by atoms with E-state index in [1.807, 2.05) is 12.1 Å². The smallest absolute Gasteiger partial charge is 0.276 e. The van der Waals surface area contributed by atoms with Crippen molar-refractivity contribution in [1.82, 2.24) is 25.5 Å². The molecular weight excluding hydrogens is 382 g/mol. The van der Waals surface area contributed by atoms with E-state index in [-0.39, 0.29) is 5.91 Å². The Morgan fingerprint density at radius 2 is 2.07 bits per heavy atom. The van der Waals surface area contributed by atoms with Gasteiger partial charge in [-0.2, -0.15) is 0 Å². The lowest BCUT2D eigenvalue weighted by Crippen LogP contribution is -2.22. The first-order valence-corrected chi connectivity index (χ1v) is 10.7. The van der Waals surface area contributed by atoms with Gasteiger partial charge in [0.25, 0.3) is 5.22 Å². The lowest BCUT2D eigenvalue weighted by atomic mass is 10.0. The Bertz CT molecular complexity index is 886. The van der Waals surface area contributed by atoms with Gasteiger partial charge in [-0.15, -0.1) is 21.5 Å². The van der Waals surface area contributed by atoms with E-state index < -0.39 is 0 Å². The number of pyridine rings is 1. The number of fused-ring (bicyclic) bond motifs is 1. The van der Waals surface area contributed by atoms with Gasteiger partial charge in [-0.25, -0.2) is 4.98 Å². The van der Waals surface area contributed by atoms with Gasteiger partial charge >= 0.3 is 0 Å². The quantitative estimate of drug-likeness (QED) is 0.607. The summed E-state index contributed by atoms with van der Waals surface area (Å²) in [5.74, 6) is 1.04. The van der Waals surface area contributed by atoms with Gasteiger partial charge in [0.05, 0.1) is 12.2 Å². The molecule has 9 heteroatoms. The summed E-state index contributed by atoms with van der Waals surface area (Å²) in [5, 5.41) is 12.4. The average Bonchev–Trinajstić information content (AvgIpc) is 3.34. The lowest BCUT2D eigenvalue weighted by Gasteiger charge is -2.06. The summed E-state index contributed by atoms with van der Waals surface area (Å²) >= 11 is 3.11. The van der Waals surface area contributed by atoms with E-state index in [0.717, 1.165) is 23.4 Å². The molecule has 0 atom stereocenters. The fourth-order valence-electron chi connectivity index (χ4n) is 2.85. The van der Waals surface area contributed by atoms with Crippen molar-refractivity contribution in [3.63, 3.8) is 0 Å². The largest absolute Gasteiger partial charge is 0.411 e. The number of carbonyl (C=O) groups is 1. The highest BCUT2D eigenvalue weighted by molar-refractivity contribution is 7.99. The van der Waals surface area contributed by atoms with Crippen LogP contribution in [0, 0.1) is 0 Å². The number of amides is 1. The number of hydrogen-bond acceptors (Lipinski definition) is 8. The van der Waals surface area contributed by atoms with E-state index in [0.29, 0.717) is 29.8 Å². The van der Waals surface area contributed by atoms with Crippen LogP contribution in [0.4, 0.5) is 0 Å². The van der Waals surface area contributed by atoms with Crippen LogP contribution in [0.2, 0.25) is 0 Å². The molecule has 0 aromatic carbocycles. The molecule has 7 nitrogen and oxygen atoms in total. The van der Waals surface area contributed by atoms with Gasteiger partial charge in [0, 0.05) is 35.0 Å². The molecule has 4 rings (SSSR count). The van der Waals surface area contributed by atoms with Crippen LogP contribution in [0.1, 0.15) is 34.8 Å². The fourth-order valence-corrected chi connectivity index (χ4v) is 4.65. The number of rotatable bonds is 7. The van der Waals surface area contributed by atoms with Crippen LogP contribution in [0.3, 0.4) is 0 Å². The number of nitrogens with one attached hydrogen (secondary N) is 1. The van der Waals surface area contributed by atoms with E-state index in [9.17, 15) is 4.79 Å². The van der Waals surface area contributed by atoms with E-state index in [4.69, 9.17) is 4.42 Å². The maximum absolute atomic E-state index is 12.1. The molecule has 1 amide bonds. The second kappa shape index (κ2) is 8.62. The van der Waals surface area contributed by atoms with Gasteiger partial charge in [0.1, 0.15) is 5.01 Å². The number of thiazole rings is 1. The molecule has 3 aromatic rings. The normalized spacial score (nSPS) is 13.3. The first-order chi connectivity index (χ1) is 13.3. The van der Waals surface area contributed by atoms with E-state index >= 15 is 0 Å². The van der Waals surface area contributed by atoms with E-state index in [1.165, 1.54) is 35.2 Å². The number of carbonyl (C=O) groups excluding carboxylic acids is 1. The molecule has 0 fully saturated rings. The number of aromatic nitrogens is 4. The Kier molecular flexibility index (Phi) is 5.78. The molecule has 0 aliphatic heterocycles. The minimum atomic E-state index is 0.00421. The topological polar surface area (TPSA) is 93.8 Å². The average molecular weight is 402 g/mol. The highest BCUT2D eigenvalue weighted by atomic mass is 32.2. The van der Waals surface area contributed by atoms with Crippen molar-refractivity contribution in [2.45, 2.75) is 43.9 Å². The number of thioether (sulfide) groups is 1. The first-order valence-electron chi connectivity index (χ1n) is 8.89. The Morgan fingerprint density at radius 3 is 2.93 bits per heavy atom. The zero-order valence-corrected chi connectivity index (χ0v) is 16.3. The third kappa shape index (κ3) is 4.72. The molecule has 0 spiro atoms. The minimum absolute atomic E-state index is 0.00421. The van der Waals surface area contributed by atoms with Crippen LogP contribution in [-0.2, 0) is 24.2 Å². The summed E-state index contributed by atoms with van der Waals surface area (Å²) in [6.45, 7) is 0.508. The van der Waals surface area contributed by atoms with E-state index in [1.54, 1.807) is 23.7 Å². The molecule has 140 valence electrons. The third-order valence-corrected chi connectivity index (χ3v) is 6.19. The Labute approximate surface area is 165 Å². The van der Waals surface area contributed by atoms with Crippen molar-refractivity contribution >= 4 is 29.0 Å². The van der Waals surface area contributed by atoms with Gasteiger partial charge < -0.3 is 9.73 Å². The number of aryl methyl sites for hydroxylation is 2. The summed E-state index contributed by atoms with van der Waals surface area (Å²) < 4.78 is 5.60. The van der Waals surface area contributed by atoms with Gasteiger partial charge in [-0.05, 0) is 37.8 Å². The summed E-state index contributed by atoms with van der Waals surface area (Å²) in [5.41, 5.74) is 2.06. The zero-order chi connectivity index (χ0) is 18.5. The summed E-state index contributed by atoms with van der Waals surface area (Å²) in [6, 6.07) is 3.62. The van der Waals surface area contributed by atoms with Gasteiger partial charge in [-0.3, -0.25) is 9.78 Å². The van der Waals surface area contributed by atoms with Crippen LogP contribution in [0.25, 0.3) is 11.5 Å². The second-order valence-electron chi connectivity index (χ2n) is 6.17. The Balaban J connectivity index is 1.21. The molecule has 0 radical (unpaired) electrons. The first kappa shape index (κ1) is 18.1. The fraction of sp³-hybridized carbons (Fsp3) is 0.389. The molecule has 3 aromatic heterocycles. The summed E-state index contributed by atoms with van der Waals surface area (Å²) in [4.78, 5) is 22.1. The maximum atomic E-state index is 12.1. The maximum Gasteiger partial charge on any atom is 0.276 e. The highest BCUT2D eigenvalue weighted by Crippen LogP contribution is 2.26. The predicted octanol–water partition coefficient (Wildman–Crippen LogP) is 3.27. The summed E-state index contributed by atoms with van der Waals surface area (Å²) in [7, 11) is 0. The molecule has 0 unspecified atom stereocenters. The lowest BCUT2D eigenvalue weighted by molar-refractivity contribution is -0.120. The SMILES string of the molecule is O=C(CCSc1nnc(-c2ccncc2)o1)NCc1nc2c(s1)CCCC2. The van der Waals surface area contributed by atoms with Crippen LogP contribution >= 0.6 is 23.1 Å². The third-order valence-electron chi connectivity index (χ3n) is 4.22. The number of nitrogens with zero attached hydrogens (tertiary/aromatic N) is 4. The standard InChI is InChI=1S/C18H19N5O2S2/c24-15(20-11-16-21-13-3-1-2-4-14(13)27-16)7-10-26-18-23-22-17(25-18)12-5-8-19-9-6-12/h5-6,8-9H,1-4,7,10-11H2,(H,20,24). The zero-order valence-electron chi connectivity index (χ0n) is 14.7. The molecule has 1 N–H and O–H groups in total. The molecule has 1 aliphatic carbocycles. The summed E-state index contributed by atoms with van der Waals surface area (Å²) in [6.07, 6.45) is 8.41. The Hall–Kier alpha value is -2.26. The molecule has 1 aliphatic rings. The monoisotopic (exact) mass is 401 g/mol. The van der Waals surface area contributed by atoms with Gasteiger partial charge in [0.15, 0.2) is 0 Å². The molecule has 27 heavy (non-hydrogen) atoms. The second-order valence-corrected chi connectivity index (χ2v) is 8.38. The van der Waals surface area contributed by atoms with Crippen molar-refractivity contribution in [1.29, 1.82) is 0 Å². The predicted molar refractivity (Wildman–Crippen MR) is 103 cm³/mol. The molecule has 0 saturated carbocycles. The van der Waals surface area contributed by atoms with Crippen LogP contribution in [0.15, 0.2) is 34.2 Å². The van der Waals surface area contributed by atoms with Crippen LogP contribution in [0.5, 0.6) is 0 Å². The van der Waals surface area contributed by atoms with Crippen molar-refractivity contribution in [3.8, 4) is 11.5 Å². The van der Waals surface area contributed by atoms with Crippen molar-refractivity contribution in [3.05, 3.63) is 40.1 Å². The molecule has 0 bridgehead atoms. The van der Waals surface area contributed by atoms with Gasteiger partial charge in [0.2, 0.25) is 11.8 Å². The Morgan fingerprint density at radius 1 is 1.22 bits per heavy atom. The minimum Gasteiger partial charge on any atom is -0.411 e. The van der Waals surface area contributed by atoms with Crippen molar-refractivity contribution in [2.24, 2.45) is 0 Å². The molecular formula is C18H19N5O2S2. The number of hydrogen-bond donors (Lipinski definition) is 1. The molecule has 3 heterocycles. The van der Waals surface area contributed by atoms with Crippen LogP contribution < -0.4 is 5.32 Å². The van der Waals surface area contributed by atoms with Crippen LogP contribution in [-0.4, -0.2) is 31.8 Å². The highest BCUT2D eigenvalue weighted by Gasteiger charge is 2.15. The van der Waals surface area contributed by atoms with Gasteiger partial charge in [-0.1, -0.05) is 11.8 Å². The van der Waals surface area contributed by atoms with Crippen molar-refractivity contribution < 1.29 is 9.21 Å². The van der Waals surface area contributed by atoms with Crippen molar-refractivity contribution in [2.75, 3.05) is 5.75 Å².